The van der Waals surface area contributed by atoms with Gasteiger partial charge in [0.1, 0.15) is 0 Å². The van der Waals surface area contributed by atoms with E-state index in [0.29, 0.717) is 23.6 Å². The highest BCUT2D eigenvalue weighted by molar-refractivity contribution is 6.31. The zero-order valence-electron chi connectivity index (χ0n) is 12.3. The number of Topliss-reactive ketones (excluding diaryl/α,β-unsaturated/α-hetero) is 1. The predicted octanol–water partition coefficient (Wildman–Crippen LogP) is 3.75. The third kappa shape index (κ3) is 4.96. The van der Waals surface area contributed by atoms with Crippen LogP contribution in [0.4, 0.5) is 0 Å². The first-order valence-corrected chi connectivity index (χ1v) is 7.32. The number of benzene rings is 1. The van der Waals surface area contributed by atoms with Crippen molar-refractivity contribution < 1.29 is 4.79 Å². The average molecular weight is 303 g/mol. The van der Waals surface area contributed by atoms with Gasteiger partial charge in [-0.25, -0.2) is 0 Å². The SMILES string of the molecule is Cc1cccc(CN(C)CCC(=O)c2cccc(Cl)c2)n1. The fourth-order valence-electron chi connectivity index (χ4n) is 2.14. The summed E-state index contributed by atoms with van der Waals surface area (Å²) in [6.45, 7) is 3.41. The summed E-state index contributed by atoms with van der Waals surface area (Å²) in [5.74, 6) is 0.113. The van der Waals surface area contributed by atoms with E-state index in [0.717, 1.165) is 17.9 Å². The summed E-state index contributed by atoms with van der Waals surface area (Å²) < 4.78 is 0. The standard InChI is InChI=1S/C17H19ClN2O/c1-13-5-3-8-16(19-13)12-20(2)10-9-17(21)14-6-4-7-15(18)11-14/h3-8,11H,9-10,12H2,1-2H3. The molecule has 0 radical (unpaired) electrons. The maximum absolute atomic E-state index is 12.1. The van der Waals surface area contributed by atoms with E-state index < -0.39 is 0 Å². The molecule has 0 aliphatic rings. The molecular weight excluding hydrogens is 284 g/mol. The molecule has 4 heteroatoms. The smallest absolute Gasteiger partial charge is 0.164 e. The molecule has 21 heavy (non-hydrogen) atoms. The Bertz CT molecular complexity index is 628. The van der Waals surface area contributed by atoms with Gasteiger partial charge in [-0.05, 0) is 38.2 Å². The summed E-state index contributed by atoms with van der Waals surface area (Å²) in [6, 6.07) is 13.1. The van der Waals surface area contributed by atoms with Crippen molar-refractivity contribution in [2.45, 2.75) is 19.9 Å². The highest BCUT2D eigenvalue weighted by Gasteiger charge is 2.09. The second kappa shape index (κ2) is 7.34. The molecule has 1 aromatic heterocycles. The Morgan fingerprint density at radius 2 is 2.00 bits per heavy atom. The molecule has 3 nitrogen and oxygen atoms in total. The Morgan fingerprint density at radius 1 is 1.24 bits per heavy atom. The van der Waals surface area contributed by atoms with Crippen molar-refractivity contribution in [1.29, 1.82) is 0 Å². The second-order valence-corrected chi connectivity index (χ2v) is 5.63. The lowest BCUT2D eigenvalue weighted by molar-refractivity contribution is 0.0967. The Balaban J connectivity index is 1.86. The van der Waals surface area contributed by atoms with E-state index in [9.17, 15) is 4.79 Å². The van der Waals surface area contributed by atoms with E-state index in [1.165, 1.54) is 0 Å². The topological polar surface area (TPSA) is 33.2 Å². The number of hydrogen-bond acceptors (Lipinski definition) is 3. The van der Waals surface area contributed by atoms with Crippen LogP contribution in [0.15, 0.2) is 42.5 Å². The summed E-state index contributed by atoms with van der Waals surface area (Å²) in [5.41, 5.74) is 2.70. The summed E-state index contributed by atoms with van der Waals surface area (Å²) >= 11 is 5.90. The van der Waals surface area contributed by atoms with Gasteiger partial charge in [0.2, 0.25) is 0 Å². The molecule has 0 spiro atoms. The molecule has 0 saturated heterocycles. The number of halogens is 1. The van der Waals surface area contributed by atoms with Crippen molar-refractivity contribution in [1.82, 2.24) is 9.88 Å². The summed E-state index contributed by atoms with van der Waals surface area (Å²) in [5, 5.41) is 0.596. The Labute approximate surface area is 130 Å². The first-order valence-electron chi connectivity index (χ1n) is 6.94. The molecule has 0 saturated carbocycles. The van der Waals surface area contributed by atoms with Gasteiger partial charge in [-0.3, -0.25) is 9.78 Å². The molecule has 0 fully saturated rings. The van der Waals surface area contributed by atoms with E-state index in [1.807, 2.05) is 32.2 Å². The summed E-state index contributed by atoms with van der Waals surface area (Å²) in [7, 11) is 2.00. The number of pyridine rings is 1. The lowest BCUT2D eigenvalue weighted by Crippen LogP contribution is -2.22. The van der Waals surface area contributed by atoms with Crippen molar-refractivity contribution in [3.63, 3.8) is 0 Å². The monoisotopic (exact) mass is 302 g/mol. The molecule has 0 aliphatic carbocycles. The highest BCUT2D eigenvalue weighted by atomic mass is 35.5. The molecule has 2 rings (SSSR count). The van der Waals surface area contributed by atoms with E-state index >= 15 is 0 Å². The zero-order chi connectivity index (χ0) is 15.2. The normalized spacial score (nSPS) is 10.9. The van der Waals surface area contributed by atoms with Crippen LogP contribution < -0.4 is 0 Å². The van der Waals surface area contributed by atoms with Crippen molar-refractivity contribution in [2.24, 2.45) is 0 Å². The number of aromatic nitrogens is 1. The number of carbonyl (C=O) groups is 1. The Morgan fingerprint density at radius 3 is 2.71 bits per heavy atom. The van der Waals surface area contributed by atoms with Crippen LogP contribution in [0.2, 0.25) is 5.02 Å². The lowest BCUT2D eigenvalue weighted by Gasteiger charge is -2.15. The largest absolute Gasteiger partial charge is 0.300 e. The van der Waals surface area contributed by atoms with Crippen LogP contribution >= 0.6 is 11.6 Å². The minimum Gasteiger partial charge on any atom is -0.300 e. The minimum absolute atomic E-state index is 0.113. The zero-order valence-corrected chi connectivity index (χ0v) is 13.1. The maximum Gasteiger partial charge on any atom is 0.164 e. The van der Waals surface area contributed by atoms with Crippen LogP contribution in [0, 0.1) is 6.92 Å². The van der Waals surface area contributed by atoms with Crippen molar-refractivity contribution in [3.05, 3.63) is 64.4 Å². The van der Waals surface area contributed by atoms with Gasteiger partial charge >= 0.3 is 0 Å². The van der Waals surface area contributed by atoms with Gasteiger partial charge in [0.05, 0.1) is 5.69 Å². The fourth-order valence-corrected chi connectivity index (χ4v) is 2.33. The van der Waals surface area contributed by atoms with E-state index in [2.05, 4.69) is 9.88 Å². The fraction of sp³-hybridized carbons (Fsp3) is 0.294. The second-order valence-electron chi connectivity index (χ2n) is 5.19. The molecule has 1 aromatic carbocycles. The molecule has 0 atom stereocenters. The quantitative estimate of drug-likeness (QED) is 0.762. The molecule has 0 N–H and O–H groups in total. The van der Waals surface area contributed by atoms with Crippen LogP contribution in [0.25, 0.3) is 0 Å². The van der Waals surface area contributed by atoms with Gasteiger partial charge < -0.3 is 4.90 Å². The Hall–Kier alpha value is -1.71. The third-order valence-corrected chi connectivity index (χ3v) is 3.48. The predicted molar refractivity (Wildman–Crippen MR) is 85.7 cm³/mol. The van der Waals surface area contributed by atoms with Crippen LogP contribution in [0.3, 0.4) is 0 Å². The first-order chi connectivity index (χ1) is 10.0. The summed E-state index contributed by atoms with van der Waals surface area (Å²) in [6.07, 6.45) is 0.475. The van der Waals surface area contributed by atoms with Crippen molar-refractivity contribution >= 4 is 17.4 Å². The molecule has 0 bridgehead atoms. The molecule has 0 unspecified atom stereocenters. The number of hydrogen-bond donors (Lipinski definition) is 0. The number of carbonyl (C=O) groups excluding carboxylic acids is 1. The average Bonchev–Trinajstić information content (AvgIpc) is 2.45. The van der Waals surface area contributed by atoms with Gasteiger partial charge in [-0.15, -0.1) is 0 Å². The van der Waals surface area contributed by atoms with E-state index in [-0.39, 0.29) is 5.78 Å². The molecule has 0 amide bonds. The number of ketones is 1. The van der Waals surface area contributed by atoms with E-state index in [1.54, 1.807) is 24.3 Å². The van der Waals surface area contributed by atoms with Gasteiger partial charge in [0.25, 0.3) is 0 Å². The van der Waals surface area contributed by atoms with Crippen LogP contribution in [-0.4, -0.2) is 29.3 Å². The molecule has 0 aliphatic heterocycles. The van der Waals surface area contributed by atoms with E-state index in [4.69, 9.17) is 11.6 Å². The minimum atomic E-state index is 0.113. The van der Waals surface area contributed by atoms with Gasteiger partial charge in [0, 0.05) is 35.8 Å². The van der Waals surface area contributed by atoms with Gasteiger partial charge in [-0.1, -0.05) is 29.8 Å². The first kappa shape index (κ1) is 15.7. The van der Waals surface area contributed by atoms with Crippen LogP contribution in [-0.2, 0) is 6.54 Å². The Kier molecular flexibility index (Phi) is 5.48. The number of rotatable bonds is 6. The van der Waals surface area contributed by atoms with Crippen LogP contribution in [0.1, 0.15) is 28.2 Å². The number of nitrogens with zero attached hydrogens (tertiary/aromatic N) is 2. The highest BCUT2D eigenvalue weighted by Crippen LogP contribution is 2.12. The van der Waals surface area contributed by atoms with Crippen molar-refractivity contribution in [3.8, 4) is 0 Å². The van der Waals surface area contributed by atoms with Gasteiger partial charge in [0.15, 0.2) is 5.78 Å². The lowest BCUT2D eigenvalue weighted by atomic mass is 10.1. The van der Waals surface area contributed by atoms with Crippen molar-refractivity contribution in [2.75, 3.05) is 13.6 Å². The van der Waals surface area contributed by atoms with Gasteiger partial charge in [-0.2, -0.15) is 0 Å². The maximum atomic E-state index is 12.1. The molecular formula is C17H19ClN2O. The van der Waals surface area contributed by atoms with Crippen LogP contribution in [0.5, 0.6) is 0 Å². The number of aryl methyl sites for hydroxylation is 1. The summed E-state index contributed by atoms with van der Waals surface area (Å²) in [4.78, 5) is 18.7. The molecule has 2 aromatic rings. The third-order valence-electron chi connectivity index (χ3n) is 3.25. The molecule has 1 heterocycles. The molecule has 110 valence electrons.